The number of ether oxygens (including phenoxy) is 1. The van der Waals surface area contributed by atoms with Gasteiger partial charge in [0.05, 0.1) is 7.11 Å². The largest absolute Gasteiger partial charge is 0.491 e. The van der Waals surface area contributed by atoms with Gasteiger partial charge < -0.3 is 9.84 Å². The van der Waals surface area contributed by atoms with Gasteiger partial charge in [-0.3, -0.25) is 0 Å². The zero-order valence-electron chi connectivity index (χ0n) is 7.18. The fourth-order valence-electron chi connectivity index (χ4n) is 1.08. The number of hydrogen-bond donors (Lipinski definition) is 1. The minimum Gasteiger partial charge on any atom is -0.491 e. The SMILES string of the molecule is COc1c(F)cc(CCO)cc1F. The zero-order valence-corrected chi connectivity index (χ0v) is 7.18. The van der Waals surface area contributed by atoms with Gasteiger partial charge >= 0.3 is 0 Å². The highest BCUT2D eigenvalue weighted by Crippen LogP contribution is 2.22. The quantitative estimate of drug-likeness (QED) is 0.779. The molecule has 1 N–H and O–H groups in total. The second-order valence-electron chi connectivity index (χ2n) is 2.57. The highest BCUT2D eigenvalue weighted by molar-refractivity contribution is 5.31. The summed E-state index contributed by atoms with van der Waals surface area (Å²) in [6.45, 7) is -0.134. The third-order valence-corrected chi connectivity index (χ3v) is 1.66. The van der Waals surface area contributed by atoms with Gasteiger partial charge in [0.15, 0.2) is 17.4 Å². The molecule has 13 heavy (non-hydrogen) atoms. The number of aliphatic hydroxyl groups is 1. The minimum atomic E-state index is -0.744. The molecule has 0 radical (unpaired) electrons. The summed E-state index contributed by atoms with van der Waals surface area (Å²) in [5.41, 5.74) is 0.415. The van der Waals surface area contributed by atoms with Crippen molar-refractivity contribution in [1.29, 1.82) is 0 Å². The lowest BCUT2D eigenvalue weighted by Gasteiger charge is -2.05. The predicted octanol–water partition coefficient (Wildman–Crippen LogP) is 1.51. The van der Waals surface area contributed by atoms with Crippen molar-refractivity contribution in [3.05, 3.63) is 29.3 Å². The molecule has 2 nitrogen and oxygen atoms in total. The summed E-state index contributed by atoms with van der Waals surface area (Å²) >= 11 is 0. The smallest absolute Gasteiger partial charge is 0.190 e. The molecule has 0 saturated carbocycles. The summed E-state index contributed by atoms with van der Waals surface area (Å²) in [7, 11) is 1.20. The standard InChI is InChI=1S/C9H10F2O2/c1-13-9-7(10)4-6(2-3-12)5-8(9)11/h4-5,12H,2-3H2,1H3. The Labute approximate surface area is 74.8 Å². The van der Waals surface area contributed by atoms with Crippen LogP contribution in [0.2, 0.25) is 0 Å². The fraction of sp³-hybridized carbons (Fsp3) is 0.333. The average molecular weight is 188 g/mol. The maximum Gasteiger partial charge on any atom is 0.190 e. The second kappa shape index (κ2) is 4.18. The number of aliphatic hydroxyl groups excluding tert-OH is 1. The van der Waals surface area contributed by atoms with E-state index in [1.54, 1.807) is 0 Å². The second-order valence-corrected chi connectivity index (χ2v) is 2.57. The molecule has 1 rings (SSSR count). The Morgan fingerprint density at radius 3 is 2.23 bits per heavy atom. The number of hydrogen-bond acceptors (Lipinski definition) is 2. The zero-order chi connectivity index (χ0) is 9.84. The number of benzene rings is 1. The Bertz CT molecular complexity index is 277. The summed E-state index contributed by atoms with van der Waals surface area (Å²) in [5.74, 6) is -1.88. The highest BCUT2D eigenvalue weighted by Gasteiger charge is 2.10. The van der Waals surface area contributed by atoms with E-state index < -0.39 is 11.6 Å². The van der Waals surface area contributed by atoms with Crippen LogP contribution in [0.1, 0.15) is 5.56 Å². The summed E-state index contributed by atoms with van der Waals surface area (Å²) in [6, 6.07) is 2.30. The Hall–Kier alpha value is -1.16. The Morgan fingerprint density at radius 1 is 1.31 bits per heavy atom. The van der Waals surface area contributed by atoms with Gasteiger partial charge in [-0.1, -0.05) is 0 Å². The first-order chi connectivity index (χ1) is 6.19. The van der Waals surface area contributed by atoms with Crippen LogP contribution in [0.15, 0.2) is 12.1 Å². The van der Waals surface area contributed by atoms with E-state index in [9.17, 15) is 8.78 Å². The first-order valence-corrected chi connectivity index (χ1v) is 3.81. The first-order valence-electron chi connectivity index (χ1n) is 3.81. The molecule has 1 aromatic rings. The Balaban J connectivity index is 3.05. The van der Waals surface area contributed by atoms with Crippen molar-refractivity contribution in [3.8, 4) is 5.75 Å². The van der Waals surface area contributed by atoms with Crippen LogP contribution < -0.4 is 4.74 Å². The van der Waals surface area contributed by atoms with Gasteiger partial charge in [-0.05, 0) is 24.1 Å². The van der Waals surface area contributed by atoms with E-state index >= 15 is 0 Å². The van der Waals surface area contributed by atoms with Crippen molar-refractivity contribution in [3.63, 3.8) is 0 Å². The predicted molar refractivity (Wildman–Crippen MR) is 43.7 cm³/mol. The molecule has 0 aliphatic heterocycles. The van der Waals surface area contributed by atoms with Gasteiger partial charge in [-0.15, -0.1) is 0 Å². The Morgan fingerprint density at radius 2 is 1.85 bits per heavy atom. The maximum absolute atomic E-state index is 13.0. The molecule has 0 aliphatic rings. The van der Waals surface area contributed by atoms with Crippen LogP contribution in [0.4, 0.5) is 8.78 Å². The van der Waals surface area contributed by atoms with E-state index in [0.717, 1.165) is 12.1 Å². The summed E-state index contributed by atoms with van der Waals surface area (Å²) in [5, 5.41) is 8.55. The van der Waals surface area contributed by atoms with E-state index in [2.05, 4.69) is 4.74 Å². The molecule has 0 spiro atoms. The van der Waals surface area contributed by atoms with Gasteiger partial charge in [0, 0.05) is 6.61 Å². The van der Waals surface area contributed by atoms with E-state index in [-0.39, 0.29) is 18.8 Å². The number of rotatable bonds is 3. The lowest BCUT2D eigenvalue weighted by molar-refractivity contribution is 0.298. The third kappa shape index (κ3) is 2.15. The van der Waals surface area contributed by atoms with Gasteiger partial charge in [0.1, 0.15) is 0 Å². The summed E-state index contributed by atoms with van der Waals surface area (Å²) in [6.07, 6.45) is 0.234. The van der Waals surface area contributed by atoms with Gasteiger partial charge in [0.2, 0.25) is 0 Å². The van der Waals surface area contributed by atoms with E-state index in [1.807, 2.05) is 0 Å². The van der Waals surface area contributed by atoms with Crippen LogP contribution in [0.25, 0.3) is 0 Å². The van der Waals surface area contributed by atoms with Crippen LogP contribution in [0.5, 0.6) is 5.75 Å². The van der Waals surface area contributed by atoms with Gasteiger partial charge in [-0.25, -0.2) is 8.78 Å². The molecule has 0 heterocycles. The first kappa shape index (κ1) is 9.92. The molecule has 1 aromatic carbocycles. The van der Waals surface area contributed by atoms with Crippen LogP contribution in [0, 0.1) is 11.6 Å². The molecular weight excluding hydrogens is 178 g/mol. The lowest BCUT2D eigenvalue weighted by atomic mass is 10.1. The molecule has 0 amide bonds. The van der Waals surface area contributed by atoms with Crippen LogP contribution in [0.3, 0.4) is 0 Å². The van der Waals surface area contributed by atoms with E-state index in [4.69, 9.17) is 5.11 Å². The van der Waals surface area contributed by atoms with Gasteiger partial charge in [0.25, 0.3) is 0 Å². The summed E-state index contributed by atoms with van der Waals surface area (Å²) < 4.78 is 30.5. The van der Waals surface area contributed by atoms with Gasteiger partial charge in [-0.2, -0.15) is 0 Å². The van der Waals surface area contributed by atoms with Crippen molar-refractivity contribution in [2.24, 2.45) is 0 Å². The monoisotopic (exact) mass is 188 g/mol. The van der Waals surface area contributed by atoms with Crippen molar-refractivity contribution >= 4 is 0 Å². The summed E-state index contributed by atoms with van der Waals surface area (Å²) in [4.78, 5) is 0. The molecule has 0 aliphatic carbocycles. The van der Waals surface area contributed by atoms with Crippen molar-refractivity contribution in [2.75, 3.05) is 13.7 Å². The number of halogens is 2. The van der Waals surface area contributed by atoms with Crippen LogP contribution in [-0.4, -0.2) is 18.8 Å². The molecule has 4 heteroatoms. The average Bonchev–Trinajstić information content (AvgIpc) is 2.04. The molecule has 0 unspecified atom stereocenters. The van der Waals surface area contributed by atoms with E-state index in [0.29, 0.717) is 5.56 Å². The maximum atomic E-state index is 13.0. The third-order valence-electron chi connectivity index (χ3n) is 1.66. The minimum absolute atomic E-state index is 0.134. The highest BCUT2D eigenvalue weighted by atomic mass is 19.1. The molecule has 0 fully saturated rings. The normalized spacial score (nSPS) is 10.2. The van der Waals surface area contributed by atoms with Crippen molar-refractivity contribution < 1.29 is 18.6 Å². The lowest BCUT2D eigenvalue weighted by Crippen LogP contribution is -1.97. The van der Waals surface area contributed by atoms with Crippen molar-refractivity contribution in [2.45, 2.75) is 6.42 Å². The molecule has 0 aromatic heterocycles. The fourth-order valence-corrected chi connectivity index (χ4v) is 1.08. The van der Waals surface area contributed by atoms with Crippen LogP contribution in [-0.2, 0) is 6.42 Å². The number of methoxy groups -OCH3 is 1. The molecule has 72 valence electrons. The topological polar surface area (TPSA) is 29.5 Å². The van der Waals surface area contributed by atoms with E-state index in [1.165, 1.54) is 7.11 Å². The van der Waals surface area contributed by atoms with Crippen molar-refractivity contribution in [1.82, 2.24) is 0 Å². The Kier molecular flexibility index (Phi) is 3.19. The molecule has 0 bridgehead atoms. The molecule has 0 atom stereocenters. The van der Waals surface area contributed by atoms with Crippen LogP contribution >= 0.6 is 0 Å². The molecule has 0 saturated heterocycles. The molecular formula is C9H10F2O2.